The van der Waals surface area contributed by atoms with E-state index in [1.807, 2.05) is 63.1 Å². The van der Waals surface area contributed by atoms with E-state index in [4.69, 9.17) is 0 Å². The fourth-order valence-corrected chi connectivity index (χ4v) is 6.40. The Bertz CT molecular complexity index is 1430. The molecule has 1 saturated heterocycles. The summed E-state index contributed by atoms with van der Waals surface area (Å²) in [6.07, 6.45) is 0.902. The highest BCUT2D eigenvalue weighted by atomic mass is 32.1. The lowest BCUT2D eigenvalue weighted by atomic mass is 10.1. The molecule has 3 atom stereocenters. The van der Waals surface area contributed by atoms with Crippen LogP contribution >= 0.6 is 11.3 Å². The third-order valence-corrected chi connectivity index (χ3v) is 8.44. The fourth-order valence-electron chi connectivity index (χ4n) is 5.51. The third kappa shape index (κ3) is 4.22. The molecular weight excluding hydrogens is 473 g/mol. The lowest BCUT2D eigenvalue weighted by Crippen LogP contribution is -2.56. The van der Waals surface area contributed by atoms with Crippen LogP contribution in [0.25, 0.3) is 10.2 Å². The van der Waals surface area contributed by atoms with Gasteiger partial charge >= 0.3 is 0 Å². The van der Waals surface area contributed by atoms with Gasteiger partial charge in [-0.2, -0.15) is 0 Å². The summed E-state index contributed by atoms with van der Waals surface area (Å²) < 4.78 is 15.8. The van der Waals surface area contributed by atoms with Gasteiger partial charge in [0.15, 0.2) is 0 Å². The minimum atomic E-state index is -0.283. The van der Waals surface area contributed by atoms with Crippen LogP contribution in [0.15, 0.2) is 72.1 Å². The zero-order valence-electron chi connectivity index (χ0n) is 20.1. The maximum atomic E-state index is 13.8. The average Bonchev–Trinajstić information content (AvgIpc) is 3.44. The SMILES string of the molecule is CC1CN(C(=O)c2cc3ccsc3n2Cc2cccc(F)c2)CCN1C(=O)C1C[C@H]1c1ccccc1. The number of thiophene rings is 1. The van der Waals surface area contributed by atoms with Crippen LogP contribution in [0.3, 0.4) is 0 Å². The number of hydrogen-bond donors (Lipinski definition) is 0. The molecule has 3 heterocycles. The summed E-state index contributed by atoms with van der Waals surface area (Å²) in [5.41, 5.74) is 2.66. The van der Waals surface area contributed by atoms with Gasteiger partial charge < -0.3 is 14.4 Å². The number of amides is 2. The summed E-state index contributed by atoms with van der Waals surface area (Å²) in [7, 11) is 0. The minimum Gasteiger partial charge on any atom is -0.336 e. The summed E-state index contributed by atoms with van der Waals surface area (Å²) in [6, 6.07) is 20.7. The molecule has 1 aliphatic heterocycles. The highest BCUT2D eigenvalue weighted by molar-refractivity contribution is 7.16. The van der Waals surface area contributed by atoms with Crippen LogP contribution in [0.2, 0.25) is 0 Å². The molecule has 5 nitrogen and oxygen atoms in total. The molecule has 0 spiro atoms. The zero-order chi connectivity index (χ0) is 24.8. The van der Waals surface area contributed by atoms with Gasteiger partial charge in [-0.1, -0.05) is 42.5 Å². The maximum Gasteiger partial charge on any atom is 0.270 e. The predicted molar refractivity (Wildman–Crippen MR) is 140 cm³/mol. The smallest absolute Gasteiger partial charge is 0.270 e. The first-order valence-electron chi connectivity index (χ1n) is 12.5. The molecule has 2 aromatic heterocycles. The molecule has 2 aromatic carbocycles. The third-order valence-electron chi connectivity index (χ3n) is 7.48. The number of fused-ring (bicyclic) bond motifs is 1. The molecule has 2 aliphatic rings. The summed E-state index contributed by atoms with van der Waals surface area (Å²) in [6.45, 7) is 4.02. The first-order valence-corrected chi connectivity index (χ1v) is 13.3. The van der Waals surface area contributed by atoms with Crippen molar-refractivity contribution in [3.63, 3.8) is 0 Å². The van der Waals surface area contributed by atoms with Crippen LogP contribution in [0.4, 0.5) is 4.39 Å². The maximum absolute atomic E-state index is 13.8. The van der Waals surface area contributed by atoms with Crippen molar-refractivity contribution < 1.29 is 14.0 Å². The Morgan fingerprint density at radius 3 is 2.64 bits per heavy atom. The normalized spacial score (nSPS) is 21.7. The van der Waals surface area contributed by atoms with E-state index in [1.165, 1.54) is 17.7 Å². The lowest BCUT2D eigenvalue weighted by molar-refractivity contribution is -0.136. The van der Waals surface area contributed by atoms with Crippen LogP contribution in [0.1, 0.15) is 40.9 Å². The highest BCUT2D eigenvalue weighted by Gasteiger charge is 2.47. The number of aromatic nitrogens is 1. The van der Waals surface area contributed by atoms with Crippen LogP contribution in [-0.2, 0) is 11.3 Å². The van der Waals surface area contributed by atoms with Gasteiger partial charge in [-0.3, -0.25) is 9.59 Å². The van der Waals surface area contributed by atoms with Crippen molar-refractivity contribution in [2.45, 2.75) is 31.8 Å². The zero-order valence-corrected chi connectivity index (χ0v) is 21.0. The Labute approximate surface area is 213 Å². The minimum absolute atomic E-state index is 0.0395. The lowest BCUT2D eigenvalue weighted by Gasteiger charge is -2.40. The standard InChI is InChI=1S/C29H28FN3O2S/c1-19-17-31(11-12-32(19)27(34)25-16-24(25)21-7-3-2-4-8-21)28(35)26-15-22-10-13-36-29(22)33(26)18-20-6-5-9-23(30)14-20/h2-10,13-15,19,24-25H,11-12,16-18H2,1H3/t19?,24-,25?/m0/s1. The first-order chi connectivity index (χ1) is 17.5. The number of carbonyl (C=O) groups excluding carboxylic acids is 2. The van der Waals surface area contributed by atoms with E-state index in [0.717, 1.165) is 22.2 Å². The molecule has 0 radical (unpaired) electrons. The topological polar surface area (TPSA) is 45.6 Å². The van der Waals surface area contributed by atoms with Crippen LogP contribution < -0.4 is 0 Å². The number of hydrogen-bond acceptors (Lipinski definition) is 3. The second-order valence-corrected chi connectivity index (χ2v) is 10.8. The number of rotatable bonds is 5. The van der Waals surface area contributed by atoms with Gasteiger partial charge in [0.2, 0.25) is 5.91 Å². The average molecular weight is 502 g/mol. The summed E-state index contributed by atoms with van der Waals surface area (Å²) in [4.78, 5) is 31.8. The molecule has 1 aliphatic carbocycles. The van der Waals surface area contributed by atoms with E-state index in [9.17, 15) is 14.0 Å². The van der Waals surface area contributed by atoms with E-state index >= 15 is 0 Å². The number of carbonyl (C=O) groups is 2. The Hall–Kier alpha value is -3.45. The first kappa shape index (κ1) is 23.0. The molecule has 4 aromatic rings. The van der Waals surface area contributed by atoms with Crippen molar-refractivity contribution in [1.82, 2.24) is 14.4 Å². The molecule has 6 rings (SSSR count). The second kappa shape index (κ2) is 9.21. The molecule has 36 heavy (non-hydrogen) atoms. The van der Waals surface area contributed by atoms with Crippen molar-refractivity contribution in [2.24, 2.45) is 5.92 Å². The molecule has 0 bridgehead atoms. The molecule has 2 fully saturated rings. The molecule has 1 saturated carbocycles. The van der Waals surface area contributed by atoms with Crippen LogP contribution in [0.5, 0.6) is 0 Å². The van der Waals surface area contributed by atoms with Crippen molar-refractivity contribution in [2.75, 3.05) is 19.6 Å². The number of benzene rings is 2. The van der Waals surface area contributed by atoms with E-state index in [2.05, 4.69) is 12.1 Å². The molecule has 0 N–H and O–H groups in total. The number of halogens is 1. The van der Waals surface area contributed by atoms with Gasteiger partial charge in [0, 0.05) is 43.5 Å². The summed E-state index contributed by atoms with van der Waals surface area (Å²) >= 11 is 1.58. The van der Waals surface area contributed by atoms with E-state index in [1.54, 1.807) is 17.4 Å². The molecule has 2 amide bonds. The number of nitrogens with zero attached hydrogens (tertiary/aromatic N) is 3. The van der Waals surface area contributed by atoms with Crippen LogP contribution in [0, 0.1) is 11.7 Å². The van der Waals surface area contributed by atoms with Gasteiger partial charge in [0.05, 0.1) is 0 Å². The molecule has 184 valence electrons. The van der Waals surface area contributed by atoms with Gasteiger partial charge in [0.1, 0.15) is 16.3 Å². The fraction of sp³-hybridized carbons (Fsp3) is 0.310. The van der Waals surface area contributed by atoms with Crippen molar-refractivity contribution in [3.8, 4) is 0 Å². The molecular formula is C29H28FN3O2S. The Morgan fingerprint density at radius 1 is 1.03 bits per heavy atom. The Balaban J connectivity index is 1.17. The van der Waals surface area contributed by atoms with Crippen LogP contribution in [-0.4, -0.2) is 51.9 Å². The Kier molecular flexibility index (Phi) is 5.88. The van der Waals surface area contributed by atoms with Gasteiger partial charge in [0.25, 0.3) is 5.91 Å². The highest BCUT2D eigenvalue weighted by Crippen LogP contribution is 2.48. The second-order valence-electron chi connectivity index (χ2n) is 9.92. The van der Waals surface area contributed by atoms with Gasteiger partial charge in [-0.25, -0.2) is 4.39 Å². The van der Waals surface area contributed by atoms with Gasteiger partial charge in [-0.05, 0) is 60.0 Å². The van der Waals surface area contributed by atoms with E-state index in [-0.39, 0.29) is 29.6 Å². The van der Waals surface area contributed by atoms with Gasteiger partial charge in [-0.15, -0.1) is 11.3 Å². The van der Waals surface area contributed by atoms with Crippen molar-refractivity contribution in [3.05, 3.63) is 94.7 Å². The monoisotopic (exact) mass is 501 g/mol. The number of piperazine rings is 1. The Morgan fingerprint density at radius 2 is 1.86 bits per heavy atom. The summed E-state index contributed by atoms with van der Waals surface area (Å²) in [5, 5.41) is 3.02. The molecule has 7 heteroatoms. The van der Waals surface area contributed by atoms with E-state index < -0.39 is 0 Å². The summed E-state index contributed by atoms with van der Waals surface area (Å²) in [5.74, 6) is 0.243. The largest absolute Gasteiger partial charge is 0.336 e. The quantitative estimate of drug-likeness (QED) is 0.369. The van der Waals surface area contributed by atoms with E-state index in [0.29, 0.717) is 37.8 Å². The van der Waals surface area contributed by atoms with Crippen molar-refractivity contribution in [1.29, 1.82) is 0 Å². The molecule has 2 unspecified atom stereocenters. The van der Waals surface area contributed by atoms with Crippen molar-refractivity contribution >= 4 is 33.4 Å². The predicted octanol–water partition coefficient (Wildman–Crippen LogP) is 5.37.